The summed E-state index contributed by atoms with van der Waals surface area (Å²) in [7, 11) is 0. The monoisotopic (exact) mass is 581 g/mol. The number of rotatable bonds is 6. The number of hydrogen-bond donors (Lipinski definition) is 1. The van der Waals surface area contributed by atoms with Crippen LogP contribution in [0.15, 0.2) is 65.7 Å². The van der Waals surface area contributed by atoms with Crippen LogP contribution in [0.4, 0.5) is 22.2 Å². The zero-order chi connectivity index (χ0) is 30.0. The van der Waals surface area contributed by atoms with Gasteiger partial charge in [-0.3, -0.25) is 9.36 Å². The van der Waals surface area contributed by atoms with Crippen LogP contribution < -0.4 is 15.8 Å². The number of carbonyl (C=O) groups is 1. The summed E-state index contributed by atoms with van der Waals surface area (Å²) in [4.78, 5) is 44.1. The quantitative estimate of drug-likeness (QED) is 0.310. The van der Waals surface area contributed by atoms with Crippen molar-refractivity contribution in [2.75, 3.05) is 36.4 Å². The van der Waals surface area contributed by atoms with E-state index in [1.54, 1.807) is 11.1 Å². The molecule has 1 saturated heterocycles. The van der Waals surface area contributed by atoms with Crippen LogP contribution in [0.25, 0.3) is 11.0 Å². The van der Waals surface area contributed by atoms with Gasteiger partial charge in [0.1, 0.15) is 17.1 Å². The van der Waals surface area contributed by atoms with Gasteiger partial charge in [-0.05, 0) is 57.4 Å². The van der Waals surface area contributed by atoms with Crippen LogP contribution in [0.5, 0.6) is 0 Å². The number of ether oxygens (including phenoxy) is 1. The fraction of sp³-hybridized carbons (Fsp3) is 0.424. The molecule has 1 amide bonds. The summed E-state index contributed by atoms with van der Waals surface area (Å²) < 4.78 is 7.41. The number of pyridine rings is 2. The first-order valence-electron chi connectivity index (χ1n) is 15.1. The lowest BCUT2D eigenvalue weighted by Crippen LogP contribution is -2.50. The second kappa shape index (κ2) is 12.0. The highest BCUT2D eigenvalue weighted by atomic mass is 16.6. The Morgan fingerprint density at radius 1 is 0.977 bits per heavy atom. The second-order valence-corrected chi connectivity index (χ2v) is 12.4. The minimum Gasteiger partial charge on any atom is -0.444 e. The minimum atomic E-state index is -0.505. The molecule has 224 valence electrons. The van der Waals surface area contributed by atoms with Crippen molar-refractivity contribution in [3.8, 4) is 0 Å². The molecule has 10 heteroatoms. The van der Waals surface area contributed by atoms with Crippen molar-refractivity contribution < 1.29 is 9.53 Å². The molecule has 0 radical (unpaired) electrons. The normalized spacial score (nSPS) is 16.1. The lowest BCUT2D eigenvalue weighted by Gasteiger charge is -2.36. The Morgan fingerprint density at radius 3 is 2.40 bits per heavy atom. The first-order chi connectivity index (χ1) is 20.7. The third-order valence-corrected chi connectivity index (χ3v) is 8.06. The number of carbonyl (C=O) groups excluding carboxylic acids is 1. The van der Waals surface area contributed by atoms with E-state index in [0.29, 0.717) is 50.0 Å². The highest BCUT2D eigenvalue weighted by Gasteiger charge is 2.26. The zero-order valence-electron chi connectivity index (χ0n) is 25.1. The van der Waals surface area contributed by atoms with Crippen LogP contribution in [0, 0.1) is 0 Å². The fourth-order valence-corrected chi connectivity index (χ4v) is 5.92. The average Bonchev–Trinajstić information content (AvgIpc) is 3.53. The predicted molar refractivity (Wildman–Crippen MR) is 168 cm³/mol. The summed E-state index contributed by atoms with van der Waals surface area (Å²) in [6.45, 7) is 8.22. The van der Waals surface area contributed by atoms with Crippen molar-refractivity contribution in [2.45, 2.75) is 64.5 Å². The van der Waals surface area contributed by atoms with Gasteiger partial charge in [-0.15, -0.1) is 0 Å². The molecule has 43 heavy (non-hydrogen) atoms. The second-order valence-electron chi connectivity index (χ2n) is 12.4. The number of aromatic nitrogens is 4. The molecule has 6 rings (SSSR count). The van der Waals surface area contributed by atoms with E-state index in [-0.39, 0.29) is 17.7 Å². The van der Waals surface area contributed by atoms with Crippen molar-refractivity contribution in [1.29, 1.82) is 0 Å². The Balaban J connectivity index is 1.18. The summed E-state index contributed by atoms with van der Waals surface area (Å²) >= 11 is 0. The Bertz CT molecular complexity index is 1630. The molecule has 1 aliphatic heterocycles. The lowest BCUT2D eigenvalue weighted by molar-refractivity contribution is 0.0240. The first-order valence-corrected chi connectivity index (χ1v) is 15.1. The molecule has 1 aromatic carbocycles. The molecule has 1 aliphatic carbocycles. The van der Waals surface area contributed by atoms with Gasteiger partial charge >= 0.3 is 6.09 Å². The largest absolute Gasteiger partial charge is 0.444 e. The maximum atomic E-state index is 13.8. The van der Waals surface area contributed by atoms with Crippen molar-refractivity contribution in [1.82, 2.24) is 24.4 Å². The molecule has 0 atom stereocenters. The number of hydrogen-bond acceptors (Lipinski definition) is 8. The van der Waals surface area contributed by atoms with Crippen LogP contribution in [-0.4, -0.2) is 62.3 Å². The summed E-state index contributed by atoms with van der Waals surface area (Å²) in [5.41, 5.74) is 3.03. The highest BCUT2D eigenvalue weighted by Crippen LogP contribution is 2.31. The summed E-state index contributed by atoms with van der Waals surface area (Å²) in [6, 6.07) is 16.1. The van der Waals surface area contributed by atoms with E-state index in [1.165, 1.54) is 0 Å². The predicted octanol–water partition coefficient (Wildman–Crippen LogP) is 5.69. The molecule has 10 nitrogen and oxygen atoms in total. The minimum absolute atomic E-state index is 0.0298. The number of nitrogens with zero attached hydrogens (tertiary/aromatic N) is 6. The van der Waals surface area contributed by atoms with Crippen LogP contribution in [0.2, 0.25) is 0 Å². The smallest absolute Gasteiger partial charge is 0.410 e. The SMILES string of the molecule is CC(C)(C)OC(=O)N1CCN(c2ccc(Nc3ncc4cc(Cc5ccccc5)c(=O)n(C5CCCC5)c4n3)nc2)CC1. The third kappa shape index (κ3) is 6.63. The van der Waals surface area contributed by atoms with E-state index in [4.69, 9.17) is 9.72 Å². The van der Waals surface area contributed by atoms with E-state index in [2.05, 4.69) is 32.3 Å². The van der Waals surface area contributed by atoms with Crippen LogP contribution in [0.1, 0.15) is 63.6 Å². The molecular weight excluding hydrogens is 542 g/mol. The lowest BCUT2D eigenvalue weighted by atomic mass is 10.0. The van der Waals surface area contributed by atoms with Crippen LogP contribution in [-0.2, 0) is 11.2 Å². The summed E-state index contributed by atoms with van der Waals surface area (Å²) in [5.74, 6) is 1.02. The number of anilines is 3. The van der Waals surface area contributed by atoms with E-state index >= 15 is 0 Å². The van der Waals surface area contributed by atoms with Gasteiger partial charge in [-0.2, -0.15) is 4.98 Å². The van der Waals surface area contributed by atoms with Gasteiger partial charge in [0.15, 0.2) is 0 Å². The standard InChI is InChI=1S/C33H39N7O3/c1-33(2,3)43-32(42)39-17-15-38(16-18-39)27-13-14-28(34-22-27)36-31-35-21-25-20-24(19-23-9-5-4-6-10-23)30(41)40(29(25)37-31)26-11-7-8-12-26/h4-6,9-10,13-14,20-22,26H,7-8,11-12,15-19H2,1-3H3,(H,34,35,36,37). The molecule has 1 N–H and O–H groups in total. The zero-order valence-corrected chi connectivity index (χ0v) is 25.1. The molecule has 2 fully saturated rings. The van der Waals surface area contributed by atoms with Gasteiger partial charge in [0.05, 0.1) is 11.9 Å². The molecular formula is C33H39N7O3. The van der Waals surface area contributed by atoms with Gasteiger partial charge in [-0.25, -0.2) is 14.8 Å². The van der Waals surface area contributed by atoms with Gasteiger partial charge in [-0.1, -0.05) is 43.2 Å². The average molecular weight is 582 g/mol. The Kier molecular flexibility index (Phi) is 8.01. The van der Waals surface area contributed by atoms with E-state index in [0.717, 1.165) is 47.9 Å². The van der Waals surface area contributed by atoms with Crippen molar-refractivity contribution >= 4 is 34.6 Å². The van der Waals surface area contributed by atoms with Gasteiger partial charge in [0.25, 0.3) is 5.56 Å². The summed E-state index contributed by atoms with van der Waals surface area (Å²) in [5, 5.41) is 4.08. The molecule has 0 spiro atoms. The fourth-order valence-electron chi connectivity index (χ4n) is 5.92. The molecule has 0 unspecified atom stereocenters. The molecule has 1 saturated carbocycles. The van der Waals surface area contributed by atoms with Crippen molar-refractivity contribution in [3.63, 3.8) is 0 Å². The Labute approximate surface area is 251 Å². The van der Waals surface area contributed by atoms with Gasteiger partial charge in [0.2, 0.25) is 5.95 Å². The van der Waals surface area contributed by atoms with Gasteiger partial charge < -0.3 is 19.9 Å². The number of fused-ring (bicyclic) bond motifs is 1. The van der Waals surface area contributed by atoms with Gasteiger partial charge in [0, 0.05) is 55.8 Å². The number of piperazine rings is 1. The molecule has 4 aromatic rings. The van der Waals surface area contributed by atoms with E-state index in [1.807, 2.05) is 67.9 Å². The molecule has 3 aromatic heterocycles. The number of nitrogens with one attached hydrogen (secondary N) is 1. The molecule has 0 bridgehead atoms. The number of benzene rings is 1. The van der Waals surface area contributed by atoms with Crippen LogP contribution in [0.3, 0.4) is 0 Å². The topological polar surface area (TPSA) is 105 Å². The highest BCUT2D eigenvalue weighted by molar-refractivity contribution is 5.77. The van der Waals surface area contributed by atoms with E-state index < -0.39 is 5.60 Å². The molecule has 4 heterocycles. The summed E-state index contributed by atoms with van der Waals surface area (Å²) in [6.07, 6.45) is 8.10. The van der Waals surface area contributed by atoms with Crippen molar-refractivity contribution in [2.24, 2.45) is 0 Å². The number of amides is 1. The molecule has 2 aliphatic rings. The maximum Gasteiger partial charge on any atom is 0.410 e. The first kappa shape index (κ1) is 28.6. The Hall–Kier alpha value is -4.47. The third-order valence-electron chi connectivity index (χ3n) is 8.06. The maximum absolute atomic E-state index is 13.8. The Morgan fingerprint density at radius 2 is 1.72 bits per heavy atom. The van der Waals surface area contributed by atoms with Crippen molar-refractivity contribution in [3.05, 3.63) is 82.4 Å². The van der Waals surface area contributed by atoms with Crippen LogP contribution >= 0.6 is 0 Å². The van der Waals surface area contributed by atoms with E-state index in [9.17, 15) is 9.59 Å².